The zero-order chi connectivity index (χ0) is 28.4. The summed E-state index contributed by atoms with van der Waals surface area (Å²) >= 11 is 0. The average molecular weight is 554 g/mol. The van der Waals surface area contributed by atoms with Crippen molar-refractivity contribution in [3.8, 4) is 0 Å². The number of aromatic nitrogens is 1. The number of benzene rings is 1. The molecule has 9 heteroatoms. The Bertz CT molecular complexity index is 1530. The molecule has 2 fully saturated rings. The molecule has 7 atom stereocenters. The van der Waals surface area contributed by atoms with Gasteiger partial charge in [0.25, 0.3) is 0 Å². The van der Waals surface area contributed by atoms with Crippen molar-refractivity contribution in [2.75, 3.05) is 19.8 Å². The number of nitrogens with two attached hydrogens (primary N) is 1. The maximum Gasteiger partial charge on any atom is 0.413 e. The van der Waals surface area contributed by atoms with Crippen LogP contribution in [0, 0.1) is 11.3 Å². The number of rotatable bonds is 2. The van der Waals surface area contributed by atoms with Gasteiger partial charge in [-0.25, -0.2) is 4.98 Å². The highest BCUT2D eigenvalue weighted by atomic mass is 19.4. The third kappa shape index (κ3) is 3.29. The van der Waals surface area contributed by atoms with Gasteiger partial charge in [0.15, 0.2) is 0 Å². The number of aliphatic hydroxyl groups is 2. The first-order chi connectivity index (χ1) is 18.8. The predicted molar refractivity (Wildman–Crippen MR) is 146 cm³/mol. The number of allylic oxidation sites excluding steroid dienone is 3. The van der Waals surface area contributed by atoms with Crippen LogP contribution in [0.1, 0.15) is 44.6 Å². The van der Waals surface area contributed by atoms with Crippen molar-refractivity contribution in [1.82, 2.24) is 9.88 Å². The van der Waals surface area contributed by atoms with Gasteiger partial charge in [0, 0.05) is 34.5 Å². The molecule has 5 aliphatic rings. The monoisotopic (exact) mass is 553 g/mol. The van der Waals surface area contributed by atoms with Crippen LogP contribution < -0.4 is 5.73 Å². The number of nitrogen functional groups attached to an aromatic ring is 1. The fourth-order valence-corrected chi connectivity index (χ4v) is 8.73. The Morgan fingerprint density at radius 3 is 2.65 bits per heavy atom. The van der Waals surface area contributed by atoms with E-state index < -0.39 is 40.6 Å². The number of halogens is 3. The lowest BCUT2D eigenvalue weighted by Crippen LogP contribution is -2.62. The van der Waals surface area contributed by atoms with E-state index in [-0.39, 0.29) is 24.0 Å². The number of nitrogens with zero attached hydrogens (tertiary/aromatic N) is 2. The number of likely N-dealkylation sites (N-methyl/N-ethyl adjacent to an activating group) is 1. The quantitative estimate of drug-likeness (QED) is 0.496. The number of anilines is 1. The number of fused-ring (bicyclic) bond motifs is 2. The zero-order valence-electron chi connectivity index (χ0n) is 22.8. The largest absolute Gasteiger partial charge is 0.413 e. The number of pyridine rings is 1. The SMILES string of the molecule is CN(C)C1CC23CCC4(O2)C(=C(C(F)(F)F)CC2(C)C(c5ccc6ccnc(N)c6c5)=CCC24)C=C3C(O)C1O. The van der Waals surface area contributed by atoms with Crippen molar-refractivity contribution >= 4 is 22.2 Å². The van der Waals surface area contributed by atoms with Gasteiger partial charge in [-0.3, -0.25) is 0 Å². The molecule has 2 spiro atoms. The first-order valence-corrected chi connectivity index (χ1v) is 13.9. The highest BCUT2D eigenvalue weighted by Gasteiger charge is 2.69. The van der Waals surface area contributed by atoms with Crippen LogP contribution in [0.2, 0.25) is 0 Å². The first-order valence-electron chi connectivity index (χ1n) is 13.9. The molecule has 7 rings (SSSR count). The second-order valence-corrected chi connectivity index (χ2v) is 12.8. The molecule has 0 amide bonds. The van der Waals surface area contributed by atoms with Gasteiger partial charge in [-0.1, -0.05) is 31.2 Å². The molecule has 1 aromatic carbocycles. The van der Waals surface area contributed by atoms with Crippen LogP contribution in [0.3, 0.4) is 0 Å². The minimum absolute atomic E-state index is 0.141. The lowest BCUT2D eigenvalue weighted by molar-refractivity contribution is -0.170. The van der Waals surface area contributed by atoms with Gasteiger partial charge < -0.3 is 25.6 Å². The standard InChI is InChI=1S/C31H34F3N3O3/c1-28-14-22(31(32,33)34)20-13-21-25(38)26(39)23(37(2)3)15-29(21)9-10-30(20,40-29)24(28)7-6-19(28)17-5-4-16-8-11-36-27(35)18(16)12-17/h4-6,8,11-13,23-26,38-39H,7,9-10,14-15H2,1-3H3,(H2,35,36). The summed E-state index contributed by atoms with van der Waals surface area (Å²) in [5.74, 6) is 0.177. The third-order valence-corrected chi connectivity index (χ3v) is 10.6. The average Bonchev–Trinajstić information content (AvgIpc) is 3.41. The topological polar surface area (TPSA) is 91.8 Å². The number of hydrogen-bond donors (Lipinski definition) is 3. The van der Waals surface area contributed by atoms with Crippen molar-refractivity contribution in [3.63, 3.8) is 0 Å². The van der Waals surface area contributed by atoms with Crippen LogP contribution in [-0.4, -0.2) is 69.8 Å². The molecule has 7 unspecified atom stereocenters. The van der Waals surface area contributed by atoms with E-state index in [9.17, 15) is 23.4 Å². The molecule has 40 heavy (non-hydrogen) atoms. The Morgan fingerprint density at radius 2 is 1.93 bits per heavy atom. The molecule has 1 saturated heterocycles. The highest BCUT2D eigenvalue weighted by molar-refractivity contribution is 5.94. The number of alkyl halides is 3. The van der Waals surface area contributed by atoms with Crippen molar-refractivity contribution in [2.24, 2.45) is 11.3 Å². The van der Waals surface area contributed by atoms with Crippen molar-refractivity contribution in [3.05, 3.63) is 64.9 Å². The van der Waals surface area contributed by atoms with Gasteiger partial charge in [0.1, 0.15) is 11.9 Å². The lowest BCUT2D eigenvalue weighted by Gasteiger charge is -2.57. The summed E-state index contributed by atoms with van der Waals surface area (Å²) in [6.07, 6.45) is 0.0546. The van der Waals surface area contributed by atoms with E-state index in [1.807, 2.05) is 50.2 Å². The summed E-state index contributed by atoms with van der Waals surface area (Å²) in [6.45, 7) is 1.94. The summed E-state index contributed by atoms with van der Waals surface area (Å²) in [6, 6.07) is 7.34. The molecular weight excluding hydrogens is 519 g/mol. The molecule has 2 bridgehead atoms. The van der Waals surface area contributed by atoms with Crippen molar-refractivity contribution in [1.29, 1.82) is 0 Å². The molecule has 4 N–H and O–H groups in total. The van der Waals surface area contributed by atoms with E-state index in [0.29, 0.717) is 37.1 Å². The fourth-order valence-electron chi connectivity index (χ4n) is 8.73. The molecule has 3 aliphatic carbocycles. The predicted octanol–water partition coefficient (Wildman–Crippen LogP) is 4.77. The van der Waals surface area contributed by atoms with Gasteiger partial charge in [-0.05, 0) is 86.0 Å². The van der Waals surface area contributed by atoms with Crippen molar-refractivity contribution < 1.29 is 28.1 Å². The maximum absolute atomic E-state index is 14.9. The van der Waals surface area contributed by atoms with Crippen LogP contribution in [0.15, 0.2) is 59.3 Å². The Morgan fingerprint density at radius 1 is 1.15 bits per heavy atom. The second-order valence-electron chi connectivity index (χ2n) is 12.8. The minimum Gasteiger partial charge on any atom is -0.388 e. The second kappa shape index (κ2) is 8.18. The van der Waals surface area contributed by atoms with Gasteiger partial charge in [0.05, 0.1) is 17.3 Å². The molecule has 6 nitrogen and oxygen atoms in total. The number of ether oxygens (including phenoxy) is 1. The lowest BCUT2D eigenvalue weighted by atomic mass is 9.56. The minimum atomic E-state index is -4.57. The van der Waals surface area contributed by atoms with Crippen LogP contribution in [0.4, 0.5) is 19.0 Å². The van der Waals surface area contributed by atoms with Crippen molar-refractivity contribution in [2.45, 2.75) is 74.7 Å². The molecule has 2 aromatic rings. The number of aliphatic hydroxyl groups excluding tert-OH is 2. The fraction of sp³-hybridized carbons (Fsp3) is 0.516. The van der Waals surface area contributed by atoms with Crippen LogP contribution >= 0.6 is 0 Å². The molecule has 1 saturated carbocycles. The summed E-state index contributed by atoms with van der Waals surface area (Å²) in [5.41, 5.74) is 4.95. The third-order valence-electron chi connectivity index (χ3n) is 10.6. The zero-order valence-corrected chi connectivity index (χ0v) is 22.8. The van der Waals surface area contributed by atoms with Gasteiger partial charge in [-0.2, -0.15) is 13.2 Å². The van der Waals surface area contributed by atoms with E-state index in [2.05, 4.69) is 11.1 Å². The van der Waals surface area contributed by atoms with E-state index in [0.717, 1.165) is 21.9 Å². The van der Waals surface area contributed by atoms with Crippen LogP contribution in [-0.2, 0) is 4.74 Å². The molecular formula is C31H34F3N3O3. The smallest absolute Gasteiger partial charge is 0.388 e. The van der Waals surface area contributed by atoms with Gasteiger partial charge in [-0.15, -0.1) is 0 Å². The summed E-state index contributed by atoms with van der Waals surface area (Å²) < 4.78 is 51.7. The van der Waals surface area contributed by atoms with Crippen LogP contribution in [0.5, 0.6) is 0 Å². The molecule has 3 heterocycles. The van der Waals surface area contributed by atoms with Crippen LogP contribution in [0.25, 0.3) is 16.3 Å². The molecule has 2 aliphatic heterocycles. The normalized spacial score (nSPS) is 38.7. The van der Waals surface area contributed by atoms with E-state index in [1.54, 1.807) is 12.3 Å². The highest BCUT2D eigenvalue weighted by Crippen LogP contribution is 2.70. The maximum atomic E-state index is 14.9. The molecule has 1 aromatic heterocycles. The summed E-state index contributed by atoms with van der Waals surface area (Å²) in [5, 5.41) is 23.8. The van der Waals surface area contributed by atoms with E-state index in [4.69, 9.17) is 10.5 Å². The van der Waals surface area contributed by atoms with E-state index >= 15 is 0 Å². The Balaban J connectivity index is 1.39. The number of hydrogen-bond acceptors (Lipinski definition) is 6. The Kier molecular flexibility index (Phi) is 5.36. The van der Waals surface area contributed by atoms with E-state index in [1.165, 1.54) is 0 Å². The molecule has 0 radical (unpaired) electrons. The summed E-state index contributed by atoms with van der Waals surface area (Å²) in [4.78, 5) is 6.07. The van der Waals surface area contributed by atoms with Gasteiger partial charge >= 0.3 is 6.18 Å². The van der Waals surface area contributed by atoms with Gasteiger partial charge in [0.2, 0.25) is 0 Å². The molecule has 212 valence electrons. The first kappa shape index (κ1) is 26.2. The summed E-state index contributed by atoms with van der Waals surface area (Å²) in [7, 11) is 3.67. The Labute approximate surface area is 231 Å². The Hall–Kier alpha value is -2.72.